The number of hydrogen-bond acceptors (Lipinski definition) is 2. The Morgan fingerprint density at radius 3 is 2.24 bits per heavy atom. The second-order valence-electron chi connectivity index (χ2n) is 5.56. The van der Waals surface area contributed by atoms with Crippen molar-refractivity contribution < 1.29 is 14.7 Å². The SMILES string of the molecule is CC1CCC(C(=O)N2CCC(C(=O)O)C2)CC1. The van der Waals surface area contributed by atoms with Gasteiger partial charge in [-0.25, -0.2) is 0 Å². The number of carbonyl (C=O) groups excluding carboxylic acids is 1. The predicted octanol–water partition coefficient (Wildman–Crippen LogP) is 1.75. The number of aliphatic carboxylic acids is 1. The molecule has 1 amide bonds. The summed E-state index contributed by atoms with van der Waals surface area (Å²) >= 11 is 0. The fraction of sp³-hybridized carbons (Fsp3) is 0.846. The molecule has 1 atom stereocenters. The Hall–Kier alpha value is -1.06. The van der Waals surface area contributed by atoms with Gasteiger partial charge in [0.15, 0.2) is 0 Å². The van der Waals surface area contributed by atoms with Crippen LogP contribution in [-0.2, 0) is 9.59 Å². The number of carboxylic acids is 1. The van der Waals surface area contributed by atoms with Crippen molar-refractivity contribution in [2.45, 2.75) is 39.0 Å². The molecule has 1 aliphatic carbocycles. The van der Waals surface area contributed by atoms with Gasteiger partial charge in [0.05, 0.1) is 5.92 Å². The van der Waals surface area contributed by atoms with E-state index in [2.05, 4.69) is 6.92 Å². The minimum atomic E-state index is -0.766. The molecule has 0 aromatic heterocycles. The lowest BCUT2D eigenvalue weighted by atomic mass is 9.82. The van der Waals surface area contributed by atoms with Gasteiger partial charge in [-0.3, -0.25) is 9.59 Å². The second-order valence-corrected chi connectivity index (χ2v) is 5.56. The topological polar surface area (TPSA) is 57.6 Å². The van der Waals surface area contributed by atoms with Crippen molar-refractivity contribution >= 4 is 11.9 Å². The molecule has 4 heteroatoms. The average molecular weight is 239 g/mol. The molecular formula is C13H21NO3. The van der Waals surface area contributed by atoms with Crippen molar-refractivity contribution in [2.24, 2.45) is 17.8 Å². The van der Waals surface area contributed by atoms with Gasteiger partial charge in [0.25, 0.3) is 0 Å². The molecule has 2 aliphatic rings. The highest BCUT2D eigenvalue weighted by Crippen LogP contribution is 2.31. The first-order chi connectivity index (χ1) is 8.08. The van der Waals surface area contributed by atoms with E-state index in [1.165, 1.54) is 0 Å². The zero-order valence-electron chi connectivity index (χ0n) is 10.4. The number of likely N-dealkylation sites (tertiary alicyclic amines) is 1. The summed E-state index contributed by atoms with van der Waals surface area (Å²) in [6.07, 6.45) is 4.84. The lowest BCUT2D eigenvalue weighted by Crippen LogP contribution is -2.36. The predicted molar refractivity (Wildman–Crippen MR) is 63.4 cm³/mol. The zero-order valence-corrected chi connectivity index (χ0v) is 10.4. The molecule has 0 bridgehead atoms. The van der Waals surface area contributed by atoms with Gasteiger partial charge in [0.2, 0.25) is 5.91 Å². The van der Waals surface area contributed by atoms with Crippen LogP contribution in [0.2, 0.25) is 0 Å². The maximum Gasteiger partial charge on any atom is 0.308 e. The Kier molecular flexibility index (Phi) is 3.69. The molecule has 1 saturated carbocycles. The quantitative estimate of drug-likeness (QED) is 0.798. The molecule has 2 fully saturated rings. The highest BCUT2D eigenvalue weighted by Gasteiger charge is 2.34. The van der Waals surface area contributed by atoms with Crippen molar-refractivity contribution in [3.05, 3.63) is 0 Å². The van der Waals surface area contributed by atoms with E-state index in [9.17, 15) is 9.59 Å². The van der Waals surface area contributed by atoms with E-state index < -0.39 is 5.97 Å². The Labute approximate surface area is 102 Å². The van der Waals surface area contributed by atoms with Crippen molar-refractivity contribution in [3.8, 4) is 0 Å². The Bertz CT molecular complexity index is 308. The van der Waals surface area contributed by atoms with Crippen LogP contribution >= 0.6 is 0 Å². The first-order valence-electron chi connectivity index (χ1n) is 6.59. The van der Waals surface area contributed by atoms with E-state index in [0.29, 0.717) is 19.5 Å². The van der Waals surface area contributed by atoms with Crippen molar-refractivity contribution in [1.29, 1.82) is 0 Å². The number of nitrogens with zero attached hydrogens (tertiary/aromatic N) is 1. The molecule has 1 heterocycles. The van der Waals surface area contributed by atoms with E-state index in [4.69, 9.17) is 5.11 Å². The molecule has 1 saturated heterocycles. The van der Waals surface area contributed by atoms with E-state index in [0.717, 1.165) is 31.6 Å². The third-order valence-corrected chi connectivity index (χ3v) is 4.21. The molecular weight excluding hydrogens is 218 g/mol. The lowest BCUT2D eigenvalue weighted by molar-refractivity contribution is -0.141. The highest BCUT2D eigenvalue weighted by atomic mass is 16.4. The van der Waals surface area contributed by atoms with Crippen molar-refractivity contribution in [3.63, 3.8) is 0 Å². The van der Waals surface area contributed by atoms with Crippen LogP contribution in [0.5, 0.6) is 0 Å². The molecule has 1 unspecified atom stereocenters. The number of rotatable bonds is 2. The van der Waals surface area contributed by atoms with Crippen LogP contribution in [0, 0.1) is 17.8 Å². The Balaban J connectivity index is 1.86. The number of carbonyl (C=O) groups is 2. The van der Waals surface area contributed by atoms with Gasteiger partial charge < -0.3 is 10.0 Å². The standard InChI is InChI=1S/C13H21NO3/c1-9-2-4-10(5-3-9)12(15)14-7-6-11(8-14)13(16)17/h9-11H,2-8H2,1H3,(H,16,17). The van der Waals surface area contributed by atoms with Crippen LogP contribution in [-0.4, -0.2) is 35.0 Å². The van der Waals surface area contributed by atoms with Crippen LogP contribution in [0.1, 0.15) is 39.0 Å². The summed E-state index contributed by atoms with van der Waals surface area (Å²) in [6.45, 7) is 3.28. The summed E-state index contributed by atoms with van der Waals surface area (Å²) in [5.74, 6) is -0.0252. The molecule has 0 spiro atoms. The minimum Gasteiger partial charge on any atom is -0.481 e. The molecule has 17 heavy (non-hydrogen) atoms. The van der Waals surface area contributed by atoms with Gasteiger partial charge in [-0.1, -0.05) is 6.92 Å². The maximum atomic E-state index is 12.2. The molecule has 0 aromatic rings. The van der Waals surface area contributed by atoms with E-state index in [1.807, 2.05) is 0 Å². The van der Waals surface area contributed by atoms with Gasteiger partial charge in [-0.05, 0) is 38.0 Å². The lowest BCUT2D eigenvalue weighted by Gasteiger charge is -2.28. The third kappa shape index (κ3) is 2.79. The van der Waals surface area contributed by atoms with Gasteiger partial charge in [0, 0.05) is 19.0 Å². The summed E-state index contributed by atoms with van der Waals surface area (Å²) in [6, 6.07) is 0. The summed E-state index contributed by atoms with van der Waals surface area (Å²) in [5.41, 5.74) is 0. The summed E-state index contributed by atoms with van der Waals surface area (Å²) in [5, 5.41) is 8.92. The Morgan fingerprint density at radius 2 is 1.71 bits per heavy atom. The first-order valence-corrected chi connectivity index (χ1v) is 6.59. The average Bonchev–Trinajstić information content (AvgIpc) is 2.78. The second kappa shape index (κ2) is 5.07. The maximum absolute atomic E-state index is 12.2. The van der Waals surface area contributed by atoms with Gasteiger partial charge in [-0.15, -0.1) is 0 Å². The summed E-state index contributed by atoms with van der Waals surface area (Å²) in [7, 11) is 0. The van der Waals surface area contributed by atoms with Crippen LogP contribution in [0.15, 0.2) is 0 Å². The van der Waals surface area contributed by atoms with Gasteiger partial charge in [-0.2, -0.15) is 0 Å². The molecule has 2 rings (SSSR count). The molecule has 0 aromatic carbocycles. The van der Waals surface area contributed by atoms with Crippen LogP contribution in [0.25, 0.3) is 0 Å². The number of amides is 1. The van der Waals surface area contributed by atoms with Gasteiger partial charge >= 0.3 is 5.97 Å². The van der Waals surface area contributed by atoms with Crippen molar-refractivity contribution in [1.82, 2.24) is 4.90 Å². The smallest absolute Gasteiger partial charge is 0.308 e. The van der Waals surface area contributed by atoms with E-state index in [1.54, 1.807) is 4.90 Å². The van der Waals surface area contributed by atoms with Crippen molar-refractivity contribution in [2.75, 3.05) is 13.1 Å². The third-order valence-electron chi connectivity index (χ3n) is 4.21. The molecule has 96 valence electrons. The molecule has 0 radical (unpaired) electrons. The normalized spacial score (nSPS) is 33.7. The zero-order chi connectivity index (χ0) is 12.4. The van der Waals surface area contributed by atoms with E-state index in [-0.39, 0.29) is 17.7 Å². The van der Waals surface area contributed by atoms with E-state index >= 15 is 0 Å². The highest BCUT2D eigenvalue weighted by molar-refractivity contribution is 5.80. The fourth-order valence-electron chi connectivity index (χ4n) is 2.93. The number of hydrogen-bond donors (Lipinski definition) is 1. The summed E-state index contributed by atoms with van der Waals surface area (Å²) in [4.78, 5) is 24.8. The van der Waals surface area contributed by atoms with Gasteiger partial charge in [0.1, 0.15) is 0 Å². The molecule has 1 aliphatic heterocycles. The summed E-state index contributed by atoms with van der Waals surface area (Å²) < 4.78 is 0. The van der Waals surface area contributed by atoms with Crippen LogP contribution in [0.4, 0.5) is 0 Å². The molecule has 1 N–H and O–H groups in total. The Morgan fingerprint density at radius 1 is 1.06 bits per heavy atom. The monoisotopic (exact) mass is 239 g/mol. The minimum absolute atomic E-state index is 0.152. The fourth-order valence-corrected chi connectivity index (χ4v) is 2.93. The van der Waals surface area contributed by atoms with Crippen LogP contribution in [0.3, 0.4) is 0 Å². The number of carboxylic acid groups (broad SMARTS) is 1. The molecule has 4 nitrogen and oxygen atoms in total. The largest absolute Gasteiger partial charge is 0.481 e. The first kappa shape index (κ1) is 12.4. The van der Waals surface area contributed by atoms with Crippen LogP contribution < -0.4 is 0 Å².